The minimum absolute atomic E-state index is 0.197. The summed E-state index contributed by atoms with van der Waals surface area (Å²) < 4.78 is 0. The standard InChI is InChI=1S/C16H13NO2/c1-12-14-9-5-6-10-15(14)17(16(12)18)19-11-13-7-3-2-4-8-13/h2-10H,1,11H2. The van der Waals surface area contributed by atoms with Gasteiger partial charge in [0.1, 0.15) is 6.61 Å². The molecule has 0 spiro atoms. The molecule has 2 aromatic carbocycles. The van der Waals surface area contributed by atoms with E-state index in [0.717, 1.165) is 16.8 Å². The zero-order chi connectivity index (χ0) is 13.2. The van der Waals surface area contributed by atoms with Gasteiger partial charge in [-0.25, -0.2) is 0 Å². The molecule has 3 heteroatoms. The van der Waals surface area contributed by atoms with Crippen LogP contribution < -0.4 is 5.06 Å². The fourth-order valence-electron chi connectivity index (χ4n) is 2.09. The van der Waals surface area contributed by atoms with E-state index in [1.54, 1.807) is 0 Å². The van der Waals surface area contributed by atoms with Crippen molar-refractivity contribution >= 4 is 17.2 Å². The minimum Gasteiger partial charge on any atom is -0.266 e. The number of para-hydroxylation sites is 1. The van der Waals surface area contributed by atoms with E-state index in [4.69, 9.17) is 4.84 Å². The van der Waals surface area contributed by atoms with Gasteiger partial charge in [-0.05, 0) is 11.6 Å². The van der Waals surface area contributed by atoms with Gasteiger partial charge >= 0.3 is 0 Å². The van der Waals surface area contributed by atoms with E-state index >= 15 is 0 Å². The van der Waals surface area contributed by atoms with Gasteiger partial charge < -0.3 is 0 Å². The van der Waals surface area contributed by atoms with Crippen molar-refractivity contribution in [1.82, 2.24) is 0 Å². The van der Waals surface area contributed by atoms with Gasteiger partial charge in [0, 0.05) is 11.1 Å². The third-order valence-corrected chi connectivity index (χ3v) is 3.09. The molecular weight excluding hydrogens is 238 g/mol. The Morgan fingerprint density at radius 2 is 1.68 bits per heavy atom. The number of amides is 1. The molecule has 1 aliphatic heterocycles. The maximum absolute atomic E-state index is 12.1. The second-order valence-corrected chi connectivity index (χ2v) is 4.35. The predicted molar refractivity (Wildman–Crippen MR) is 74.2 cm³/mol. The van der Waals surface area contributed by atoms with E-state index in [1.807, 2.05) is 54.6 Å². The molecule has 1 aliphatic rings. The highest BCUT2D eigenvalue weighted by Crippen LogP contribution is 2.35. The largest absolute Gasteiger partial charge is 0.282 e. The molecule has 0 saturated heterocycles. The molecule has 0 atom stereocenters. The third kappa shape index (κ3) is 2.04. The van der Waals surface area contributed by atoms with E-state index < -0.39 is 0 Å². The highest BCUT2D eigenvalue weighted by atomic mass is 16.7. The lowest BCUT2D eigenvalue weighted by Gasteiger charge is -2.16. The molecule has 0 unspecified atom stereocenters. The fourth-order valence-corrected chi connectivity index (χ4v) is 2.09. The maximum atomic E-state index is 12.1. The molecule has 94 valence electrons. The molecule has 0 bridgehead atoms. The van der Waals surface area contributed by atoms with E-state index in [0.29, 0.717) is 12.2 Å². The van der Waals surface area contributed by atoms with Crippen LogP contribution in [0.3, 0.4) is 0 Å². The molecular formula is C16H13NO2. The number of hydrogen-bond acceptors (Lipinski definition) is 2. The zero-order valence-electron chi connectivity index (χ0n) is 10.4. The topological polar surface area (TPSA) is 29.5 Å². The van der Waals surface area contributed by atoms with Crippen LogP contribution in [-0.4, -0.2) is 5.91 Å². The quantitative estimate of drug-likeness (QED) is 0.784. The molecule has 2 aromatic rings. The van der Waals surface area contributed by atoms with Gasteiger partial charge in [0.05, 0.1) is 5.69 Å². The molecule has 0 saturated carbocycles. The number of fused-ring (bicyclic) bond motifs is 1. The minimum atomic E-state index is -0.197. The Hall–Kier alpha value is -2.39. The average molecular weight is 251 g/mol. The van der Waals surface area contributed by atoms with Crippen molar-refractivity contribution < 1.29 is 9.63 Å². The highest BCUT2D eigenvalue weighted by Gasteiger charge is 2.31. The van der Waals surface area contributed by atoms with Crippen molar-refractivity contribution in [2.45, 2.75) is 6.61 Å². The summed E-state index contributed by atoms with van der Waals surface area (Å²) in [5.74, 6) is -0.197. The molecule has 0 radical (unpaired) electrons. The van der Waals surface area contributed by atoms with Crippen molar-refractivity contribution in [3.63, 3.8) is 0 Å². The number of carbonyl (C=O) groups excluding carboxylic acids is 1. The summed E-state index contributed by atoms with van der Waals surface area (Å²) >= 11 is 0. The molecule has 1 heterocycles. The van der Waals surface area contributed by atoms with Crippen LogP contribution in [0.25, 0.3) is 5.57 Å². The average Bonchev–Trinajstić information content (AvgIpc) is 2.71. The van der Waals surface area contributed by atoms with Gasteiger partial charge in [0.2, 0.25) is 0 Å². The van der Waals surface area contributed by atoms with Crippen LogP contribution in [0.1, 0.15) is 11.1 Å². The van der Waals surface area contributed by atoms with Gasteiger partial charge in [-0.3, -0.25) is 9.63 Å². The first-order valence-corrected chi connectivity index (χ1v) is 6.07. The number of hydrogen-bond donors (Lipinski definition) is 0. The first kappa shape index (κ1) is 11.7. The molecule has 0 aromatic heterocycles. The van der Waals surface area contributed by atoms with Gasteiger partial charge in [-0.2, -0.15) is 5.06 Å². The Morgan fingerprint density at radius 3 is 2.47 bits per heavy atom. The van der Waals surface area contributed by atoms with E-state index in [1.165, 1.54) is 5.06 Å². The summed E-state index contributed by atoms with van der Waals surface area (Å²) in [5.41, 5.74) is 3.09. The second kappa shape index (κ2) is 4.71. The molecule has 3 rings (SSSR count). The van der Waals surface area contributed by atoms with Crippen molar-refractivity contribution in [2.75, 3.05) is 5.06 Å². The van der Waals surface area contributed by atoms with Crippen LogP contribution in [0.15, 0.2) is 61.2 Å². The molecule has 3 nitrogen and oxygen atoms in total. The predicted octanol–water partition coefficient (Wildman–Crippen LogP) is 3.18. The number of hydroxylamine groups is 1. The van der Waals surface area contributed by atoms with Crippen LogP contribution in [-0.2, 0) is 16.2 Å². The molecule has 0 aliphatic carbocycles. The van der Waals surface area contributed by atoms with Gasteiger partial charge in [-0.15, -0.1) is 0 Å². The van der Waals surface area contributed by atoms with E-state index in [-0.39, 0.29) is 5.91 Å². The highest BCUT2D eigenvalue weighted by molar-refractivity contribution is 6.31. The lowest BCUT2D eigenvalue weighted by molar-refractivity contribution is -0.120. The van der Waals surface area contributed by atoms with Crippen LogP contribution >= 0.6 is 0 Å². The number of rotatable bonds is 3. The van der Waals surface area contributed by atoms with Gasteiger partial charge in [0.15, 0.2) is 0 Å². The monoisotopic (exact) mass is 251 g/mol. The number of anilines is 1. The molecule has 0 fully saturated rings. The van der Waals surface area contributed by atoms with Gasteiger partial charge in [-0.1, -0.05) is 55.1 Å². The number of nitrogens with zero attached hydrogens (tertiary/aromatic N) is 1. The normalized spacial score (nSPS) is 13.8. The Kier molecular flexibility index (Phi) is 2.89. The first-order chi connectivity index (χ1) is 9.27. The lowest BCUT2D eigenvalue weighted by atomic mass is 10.1. The smallest absolute Gasteiger partial charge is 0.266 e. The molecule has 19 heavy (non-hydrogen) atoms. The van der Waals surface area contributed by atoms with Crippen LogP contribution in [0.5, 0.6) is 0 Å². The third-order valence-electron chi connectivity index (χ3n) is 3.09. The van der Waals surface area contributed by atoms with Crippen molar-refractivity contribution in [3.8, 4) is 0 Å². The van der Waals surface area contributed by atoms with Crippen LogP contribution in [0.2, 0.25) is 0 Å². The van der Waals surface area contributed by atoms with Crippen molar-refractivity contribution in [1.29, 1.82) is 0 Å². The van der Waals surface area contributed by atoms with E-state index in [9.17, 15) is 4.79 Å². The number of carbonyl (C=O) groups is 1. The van der Waals surface area contributed by atoms with Gasteiger partial charge in [0.25, 0.3) is 5.91 Å². The summed E-state index contributed by atoms with van der Waals surface area (Å²) in [6.45, 7) is 4.17. The van der Waals surface area contributed by atoms with Crippen molar-refractivity contribution in [3.05, 3.63) is 72.3 Å². The Morgan fingerprint density at radius 1 is 1.00 bits per heavy atom. The summed E-state index contributed by atoms with van der Waals surface area (Å²) in [4.78, 5) is 17.7. The van der Waals surface area contributed by atoms with Crippen LogP contribution in [0.4, 0.5) is 5.69 Å². The Bertz CT molecular complexity index is 634. The summed E-state index contributed by atoms with van der Waals surface area (Å²) in [6.07, 6.45) is 0. The molecule has 1 amide bonds. The summed E-state index contributed by atoms with van der Waals surface area (Å²) in [5, 5.41) is 1.32. The van der Waals surface area contributed by atoms with E-state index in [2.05, 4.69) is 6.58 Å². The lowest BCUT2D eigenvalue weighted by Crippen LogP contribution is -2.26. The fraction of sp³-hybridized carbons (Fsp3) is 0.0625. The Balaban J connectivity index is 1.82. The van der Waals surface area contributed by atoms with Crippen molar-refractivity contribution in [2.24, 2.45) is 0 Å². The summed E-state index contributed by atoms with van der Waals surface area (Å²) in [7, 11) is 0. The van der Waals surface area contributed by atoms with Crippen LogP contribution in [0, 0.1) is 0 Å². The number of benzene rings is 2. The second-order valence-electron chi connectivity index (χ2n) is 4.35. The zero-order valence-corrected chi connectivity index (χ0v) is 10.4. The summed E-state index contributed by atoms with van der Waals surface area (Å²) in [6, 6.07) is 17.2. The Labute approximate surface area is 111 Å². The first-order valence-electron chi connectivity index (χ1n) is 6.07. The molecule has 0 N–H and O–H groups in total. The SMILES string of the molecule is C=C1C(=O)N(OCc2ccccc2)c2ccccc21. The maximum Gasteiger partial charge on any atom is 0.282 e.